The Morgan fingerprint density at radius 1 is 1.25 bits per heavy atom. The number of methoxy groups -OCH3 is 2. The van der Waals surface area contributed by atoms with Crippen molar-refractivity contribution in [3.63, 3.8) is 0 Å². The van der Waals surface area contributed by atoms with Crippen molar-refractivity contribution in [1.29, 1.82) is 0 Å². The summed E-state index contributed by atoms with van der Waals surface area (Å²) in [5, 5.41) is 7.19. The largest absolute Gasteiger partial charge is 0.497 e. The Balaban J connectivity index is 2.26. The van der Waals surface area contributed by atoms with Crippen LogP contribution in [0.2, 0.25) is 0 Å². The molecule has 0 aliphatic rings. The predicted molar refractivity (Wildman–Crippen MR) is 74.8 cm³/mol. The van der Waals surface area contributed by atoms with Gasteiger partial charge in [0, 0.05) is 6.04 Å². The third-order valence-corrected chi connectivity index (χ3v) is 2.77. The lowest BCUT2D eigenvalue weighted by Crippen LogP contribution is -2.22. The number of aromatic nitrogens is 2. The third-order valence-electron chi connectivity index (χ3n) is 2.77. The zero-order chi connectivity index (χ0) is 14.5. The second-order valence-electron chi connectivity index (χ2n) is 4.62. The van der Waals surface area contributed by atoms with Crippen LogP contribution in [0.25, 0.3) is 11.5 Å². The molecule has 1 N–H and O–H groups in total. The highest BCUT2D eigenvalue weighted by Crippen LogP contribution is 2.32. The Morgan fingerprint density at radius 2 is 2.05 bits per heavy atom. The molecule has 6 heteroatoms. The van der Waals surface area contributed by atoms with E-state index in [4.69, 9.17) is 14.0 Å². The lowest BCUT2D eigenvalue weighted by Gasteiger charge is -2.06. The highest BCUT2D eigenvalue weighted by molar-refractivity contribution is 5.64. The molecule has 2 aromatic rings. The summed E-state index contributed by atoms with van der Waals surface area (Å²) < 4.78 is 15.8. The molecule has 20 heavy (non-hydrogen) atoms. The number of nitrogens with zero attached hydrogens (tertiary/aromatic N) is 2. The Labute approximate surface area is 118 Å². The Kier molecular flexibility index (Phi) is 4.57. The second kappa shape index (κ2) is 6.38. The van der Waals surface area contributed by atoms with E-state index in [-0.39, 0.29) is 0 Å². The Morgan fingerprint density at radius 3 is 2.70 bits per heavy atom. The molecule has 0 amide bonds. The normalized spacial score (nSPS) is 10.8. The van der Waals surface area contributed by atoms with Gasteiger partial charge in [-0.15, -0.1) is 0 Å². The maximum atomic E-state index is 5.31. The molecular weight excluding hydrogens is 258 g/mol. The summed E-state index contributed by atoms with van der Waals surface area (Å²) in [5.41, 5.74) is 0.718. The van der Waals surface area contributed by atoms with Crippen molar-refractivity contribution in [2.75, 3.05) is 14.2 Å². The van der Waals surface area contributed by atoms with Gasteiger partial charge in [-0.25, -0.2) is 0 Å². The van der Waals surface area contributed by atoms with Crippen molar-refractivity contribution < 1.29 is 14.0 Å². The van der Waals surface area contributed by atoms with Gasteiger partial charge >= 0.3 is 0 Å². The zero-order valence-electron chi connectivity index (χ0n) is 12.1. The number of rotatable bonds is 6. The molecule has 0 atom stereocenters. The fourth-order valence-corrected chi connectivity index (χ4v) is 1.71. The molecule has 0 unspecified atom stereocenters. The van der Waals surface area contributed by atoms with Crippen LogP contribution in [0.1, 0.15) is 19.7 Å². The van der Waals surface area contributed by atoms with Gasteiger partial charge in [0.25, 0.3) is 5.89 Å². The third kappa shape index (κ3) is 3.27. The molecule has 0 aliphatic carbocycles. The minimum absolute atomic E-state index is 0.364. The van der Waals surface area contributed by atoms with Crippen LogP contribution in [-0.4, -0.2) is 30.4 Å². The molecule has 108 valence electrons. The number of hydrogen-bond donors (Lipinski definition) is 1. The summed E-state index contributed by atoms with van der Waals surface area (Å²) in [6.45, 7) is 4.69. The average Bonchev–Trinajstić information content (AvgIpc) is 2.93. The van der Waals surface area contributed by atoms with Crippen molar-refractivity contribution in [2.24, 2.45) is 0 Å². The summed E-state index contributed by atoms with van der Waals surface area (Å²) in [7, 11) is 3.21. The van der Waals surface area contributed by atoms with Crippen LogP contribution in [0, 0.1) is 0 Å². The SMILES string of the molecule is COc1ccc(OC)c(-c2nc(CNC(C)C)no2)c1. The quantitative estimate of drug-likeness (QED) is 0.873. The van der Waals surface area contributed by atoms with Gasteiger partial charge in [-0.2, -0.15) is 4.98 Å². The monoisotopic (exact) mass is 277 g/mol. The van der Waals surface area contributed by atoms with Crippen LogP contribution in [-0.2, 0) is 6.54 Å². The van der Waals surface area contributed by atoms with Crippen LogP contribution in [0.3, 0.4) is 0 Å². The highest BCUT2D eigenvalue weighted by Gasteiger charge is 2.15. The highest BCUT2D eigenvalue weighted by atomic mass is 16.5. The summed E-state index contributed by atoms with van der Waals surface area (Å²) >= 11 is 0. The van der Waals surface area contributed by atoms with Crippen LogP contribution in [0.5, 0.6) is 11.5 Å². The fourth-order valence-electron chi connectivity index (χ4n) is 1.71. The molecule has 0 aliphatic heterocycles. The van der Waals surface area contributed by atoms with Gasteiger partial charge in [0.2, 0.25) is 0 Å². The zero-order valence-corrected chi connectivity index (χ0v) is 12.1. The predicted octanol–water partition coefficient (Wildman–Crippen LogP) is 2.25. The lowest BCUT2D eigenvalue weighted by atomic mass is 10.2. The van der Waals surface area contributed by atoms with Crippen LogP contribution in [0.15, 0.2) is 22.7 Å². The van der Waals surface area contributed by atoms with Gasteiger partial charge in [0.1, 0.15) is 11.5 Å². The first-order chi connectivity index (χ1) is 9.63. The van der Waals surface area contributed by atoms with Gasteiger partial charge in [0.05, 0.1) is 26.3 Å². The van der Waals surface area contributed by atoms with E-state index < -0.39 is 0 Å². The van der Waals surface area contributed by atoms with E-state index in [0.717, 1.165) is 5.56 Å². The molecule has 0 saturated carbocycles. The first-order valence-electron chi connectivity index (χ1n) is 6.42. The van der Waals surface area contributed by atoms with Crippen LogP contribution in [0.4, 0.5) is 0 Å². The standard InChI is InChI=1S/C14H19N3O3/c1-9(2)15-8-13-16-14(20-17-13)11-7-10(18-3)5-6-12(11)19-4/h5-7,9,15H,8H2,1-4H3. The van der Waals surface area contributed by atoms with Gasteiger partial charge in [0.15, 0.2) is 5.82 Å². The van der Waals surface area contributed by atoms with Crippen molar-refractivity contribution in [3.05, 3.63) is 24.0 Å². The van der Waals surface area contributed by atoms with Crippen molar-refractivity contribution in [2.45, 2.75) is 26.4 Å². The maximum Gasteiger partial charge on any atom is 0.261 e. The van der Waals surface area contributed by atoms with E-state index >= 15 is 0 Å². The minimum atomic E-state index is 0.364. The molecule has 2 rings (SSSR count). The summed E-state index contributed by atoms with van der Waals surface area (Å²) in [4.78, 5) is 4.36. The van der Waals surface area contributed by atoms with Gasteiger partial charge in [-0.1, -0.05) is 19.0 Å². The smallest absolute Gasteiger partial charge is 0.261 e. The van der Waals surface area contributed by atoms with Gasteiger partial charge in [-0.05, 0) is 18.2 Å². The molecule has 0 spiro atoms. The number of nitrogens with one attached hydrogen (secondary N) is 1. The van der Waals surface area contributed by atoms with Crippen molar-refractivity contribution in [1.82, 2.24) is 15.5 Å². The fraction of sp³-hybridized carbons (Fsp3) is 0.429. The van der Waals surface area contributed by atoms with Gasteiger partial charge < -0.3 is 19.3 Å². The van der Waals surface area contributed by atoms with Crippen molar-refractivity contribution >= 4 is 0 Å². The second-order valence-corrected chi connectivity index (χ2v) is 4.62. The van der Waals surface area contributed by atoms with E-state index in [2.05, 4.69) is 29.3 Å². The molecule has 1 heterocycles. The molecule has 0 radical (unpaired) electrons. The van der Waals surface area contributed by atoms with E-state index in [0.29, 0.717) is 35.8 Å². The molecule has 0 fully saturated rings. The van der Waals surface area contributed by atoms with E-state index in [1.54, 1.807) is 14.2 Å². The summed E-state index contributed by atoms with van der Waals surface area (Å²) in [5.74, 6) is 2.40. The summed E-state index contributed by atoms with van der Waals surface area (Å²) in [6, 6.07) is 5.80. The maximum absolute atomic E-state index is 5.31. The van der Waals surface area contributed by atoms with Crippen molar-refractivity contribution in [3.8, 4) is 23.0 Å². The number of benzene rings is 1. The minimum Gasteiger partial charge on any atom is -0.497 e. The molecular formula is C14H19N3O3. The molecule has 6 nitrogen and oxygen atoms in total. The first-order valence-corrected chi connectivity index (χ1v) is 6.42. The van der Waals surface area contributed by atoms with E-state index in [1.165, 1.54) is 0 Å². The van der Waals surface area contributed by atoms with Crippen LogP contribution < -0.4 is 14.8 Å². The number of ether oxygens (including phenoxy) is 2. The first kappa shape index (κ1) is 14.3. The molecule has 0 bridgehead atoms. The van der Waals surface area contributed by atoms with E-state index in [9.17, 15) is 0 Å². The Bertz CT molecular complexity index is 567. The lowest BCUT2D eigenvalue weighted by molar-refractivity contribution is 0.394. The van der Waals surface area contributed by atoms with E-state index in [1.807, 2.05) is 18.2 Å². The Hall–Kier alpha value is -2.08. The average molecular weight is 277 g/mol. The van der Waals surface area contributed by atoms with Crippen LogP contribution >= 0.6 is 0 Å². The number of hydrogen-bond acceptors (Lipinski definition) is 6. The van der Waals surface area contributed by atoms with Gasteiger partial charge in [-0.3, -0.25) is 0 Å². The molecule has 1 aromatic carbocycles. The molecule has 0 saturated heterocycles. The summed E-state index contributed by atoms with van der Waals surface area (Å²) in [6.07, 6.45) is 0. The molecule has 1 aromatic heterocycles. The topological polar surface area (TPSA) is 69.4 Å².